The van der Waals surface area contributed by atoms with Crippen LogP contribution in [0.15, 0.2) is 67.3 Å². The Morgan fingerprint density at radius 1 is 0.933 bits per heavy atom. The van der Waals surface area contributed by atoms with Crippen molar-refractivity contribution >= 4 is 6.08 Å². The highest BCUT2D eigenvalue weighted by Gasteiger charge is 2.22. The van der Waals surface area contributed by atoms with Crippen LogP contribution in [0.1, 0.15) is 80.0 Å². The maximum Gasteiger partial charge on any atom is 0.0721 e. The van der Waals surface area contributed by atoms with Crippen molar-refractivity contribution in [1.82, 2.24) is 0 Å². The van der Waals surface area contributed by atoms with E-state index in [9.17, 15) is 0 Å². The van der Waals surface area contributed by atoms with E-state index in [0.29, 0.717) is 13.2 Å². The molecule has 2 aromatic carbocycles. The quantitative estimate of drug-likeness (QED) is 0.272. The van der Waals surface area contributed by atoms with Gasteiger partial charge in [0.05, 0.1) is 13.2 Å². The minimum absolute atomic E-state index is 0.617. The van der Waals surface area contributed by atoms with Crippen molar-refractivity contribution in [2.75, 3.05) is 6.61 Å². The van der Waals surface area contributed by atoms with Gasteiger partial charge in [0.15, 0.2) is 0 Å². The molecule has 1 aliphatic carbocycles. The zero-order chi connectivity index (χ0) is 21.0. The van der Waals surface area contributed by atoms with E-state index < -0.39 is 0 Å². The summed E-state index contributed by atoms with van der Waals surface area (Å²) >= 11 is 0. The summed E-state index contributed by atoms with van der Waals surface area (Å²) in [5.41, 5.74) is 5.57. The first-order valence-corrected chi connectivity index (χ1v) is 11.8. The molecule has 0 saturated heterocycles. The molecule has 1 saturated carbocycles. The standard InChI is InChI=1S/C29H38O/c1-3-5-6-7-24-8-10-25(11-9-24)12-13-26-14-18-28(19-15-26)29-20-16-27(17-21-29)23-30-22-4-2/h4,6-11,16-17,20-21,26,28H,2-3,5,12-15,18-19,22-23H2,1H3/t26-,28-. The fraction of sp³-hybridized carbons (Fsp3) is 0.448. The number of allylic oxidation sites excluding steroid dienone is 1. The summed E-state index contributed by atoms with van der Waals surface area (Å²) < 4.78 is 5.54. The van der Waals surface area contributed by atoms with Gasteiger partial charge in [0.25, 0.3) is 0 Å². The largest absolute Gasteiger partial charge is 0.373 e. The van der Waals surface area contributed by atoms with Crippen molar-refractivity contribution in [2.24, 2.45) is 5.92 Å². The number of hydrogen-bond acceptors (Lipinski definition) is 1. The summed E-state index contributed by atoms with van der Waals surface area (Å²) in [5, 5.41) is 0. The Kier molecular flexibility index (Phi) is 9.44. The summed E-state index contributed by atoms with van der Waals surface area (Å²) in [5.74, 6) is 1.62. The Morgan fingerprint density at radius 3 is 2.30 bits per heavy atom. The van der Waals surface area contributed by atoms with E-state index in [1.807, 2.05) is 0 Å². The fourth-order valence-electron chi connectivity index (χ4n) is 4.48. The highest BCUT2D eigenvalue weighted by Crippen LogP contribution is 2.37. The van der Waals surface area contributed by atoms with Gasteiger partial charge in [-0.05, 0) is 79.0 Å². The van der Waals surface area contributed by atoms with Gasteiger partial charge in [-0.25, -0.2) is 0 Å². The van der Waals surface area contributed by atoms with Crippen molar-refractivity contribution in [3.8, 4) is 0 Å². The van der Waals surface area contributed by atoms with Gasteiger partial charge in [-0.15, -0.1) is 6.58 Å². The normalized spacial score (nSPS) is 19.2. The second kappa shape index (κ2) is 12.5. The average molecular weight is 403 g/mol. The third-order valence-corrected chi connectivity index (χ3v) is 6.39. The first kappa shape index (κ1) is 22.6. The van der Waals surface area contributed by atoms with E-state index in [4.69, 9.17) is 4.74 Å². The molecular formula is C29H38O. The molecule has 0 aliphatic heterocycles. The molecule has 0 heterocycles. The molecule has 0 unspecified atom stereocenters. The summed E-state index contributed by atoms with van der Waals surface area (Å²) in [6, 6.07) is 18.3. The van der Waals surface area contributed by atoms with E-state index in [1.165, 1.54) is 73.6 Å². The van der Waals surface area contributed by atoms with Crippen LogP contribution in [-0.4, -0.2) is 6.61 Å². The molecule has 0 atom stereocenters. The van der Waals surface area contributed by atoms with Crippen LogP contribution in [0.5, 0.6) is 0 Å². The Balaban J connectivity index is 1.39. The molecule has 0 aromatic heterocycles. The number of hydrogen-bond donors (Lipinski definition) is 0. The van der Waals surface area contributed by atoms with Crippen molar-refractivity contribution < 1.29 is 4.74 Å². The first-order valence-electron chi connectivity index (χ1n) is 11.8. The zero-order valence-electron chi connectivity index (χ0n) is 18.7. The Morgan fingerprint density at radius 2 is 1.63 bits per heavy atom. The summed E-state index contributed by atoms with van der Waals surface area (Å²) in [4.78, 5) is 0. The molecule has 3 rings (SSSR count). The second-order valence-corrected chi connectivity index (χ2v) is 8.73. The predicted octanol–water partition coefficient (Wildman–Crippen LogP) is 8.11. The SMILES string of the molecule is C=CCOCc1ccc([C@H]2CC[C@H](CCc3ccc(C=CCCC)cc3)CC2)cc1. The average Bonchev–Trinajstić information content (AvgIpc) is 2.80. The highest BCUT2D eigenvalue weighted by atomic mass is 16.5. The van der Waals surface area contributed by atoms with Crippen LogP contribution in [0.4, 0.5) is 0 Å². The lowest BCUT2D eigenvalue weighted by Crippen LogP contribution is -2.14. The van der Waals surface area contributed by atoms with Gasteiger partial charge in [0.1, 0.15) is 0 Å². The lowest BCUT2D eigenvalue weighted by atomic mass is 9.77. The monoisotopic (exact) mass is 402 g/mol. The minimum atomic E-state index is 0.617. The van der Waals surface area contributed by atoms with Gasteiger partial charge in [-0.3, -0.25) is 0 Å². The van der Waals surface area contributed by atoms with Crippen LogP contribution in [0.3, 0.4) is 0 Å². The molecule has 1 fully saturated rings. The van der Waals surface area contributed by atoms with E-state index in [0.717, 1.165) is 11.8 Å². The Bertz CT molecular complexity index is 761. The van der Waals surface area contributed by atoms with Crippen LogP contribution in [-0.2, 0) is 17.8 Å². The second-order valence-electron chi connectivity index (χ2n) is 8.73. The maximum atomic E-state index is 5.54. The molecule has 1 nitrogen and oxygen atoms in total. The molecule has 0 bridgehead atoms. The molecular weight excluding hydrogens is 364 g/mol. The van der Waals surface area contributed by atoms with E-state index >= 15 is 0 Å². The van der Waals surface area contributed by atoms with Gasteiger partial charge in [-0.1, -0.05) is 80.1 Å². The molecule has 2 aromatic rings. The Hall–Kier alpha value is -2.12. The lowest BCUT2D eigenvalue weighted by Gasteiger charge is -2.29. The molecule has 0 radical (unpaired) electrons. The molecule has 0 amide bonds. The van der Waals surface area contributed by atoms with Crippen molar-refractivity contribution in [3.63, 3.8) is 0 Å². The van der Waals surface area contributed by atoms with Gasteiger partial charge >= 0.3 is 0 Å². The van der Waals surface area contributed by atoms with E-state index in [2.05, 4.69) is 74.2 Å². The topological polar surface area (TPSA) is 9.23 Å². The van der Waals surface area contributed by atoms with Crippen molar-refractivity contribution in [1.29, 1.82) is 0 Å². The molecule has 30 heavy (non-hydrogen) atoms. The summed E-state index contributed by atoms with van der Waals surface area (Å²) in [6.07, 6.45) is 16.6. The van der Waals surface area contributed by atoms with Crippen LogP contribution in [0.2, 0.25) is 0 Å². The van der Waals surface area contributed by atoms with Gasteiger partial charge in [-0.2, -0.15) is 0 Å². The minimum Gasteiger partial charge on any atom is -0.373 e. The number of ether oxygens (including phenoxy) is 1. The maximum absolute atomic E-state index is 5.54. The molecule has 0 spiro atoms. The third kappa shape index (κ3) is 7.29. The molecule has 160 valence electrons. The van der Waals surface area contributed by atoms with Crippen LogP contribution in [0.25, 0.3) is 6.08 Å². The number of unbranched alkanes of at least 4 members (excludes halogenated alkanes) is 1. The van der Waals surface area contributed by atoms with Crippen molar-refractivity contribution in [2.45, 2.75) is 70.8 Å². The number of benzene rings is 2. The molecule has 1 heteroatoms. The summed E-state index contributed by atoms with van der Waals surface area (Å²) in [7, 11) is 0. The zero-order valence-corrected chi connectivity index (χ0v) is 18.7. The van der Waals surface area contributed by atoms with Gasteiger partial charge < -0.3 is 4.74 Å². The summed E-state index contributed by atoms with van der Waals surface area (Å²) in [6.45, 7) is 7.21. The fourth-order valence-corrected chi connectivity index (χ4v) is 4.48. The highest BCUT2D eigenvalue weighted by molar-refractivity contribution is 5.49. The predicted molar refractivity (Wildman–Crippen MR) is 130 cm³/mol. The van der Waals surface area contributed by atoms with Crippen LogP contribution in [0, 0.1) is 5.92 Å². The number of aryl methyl sites for hydroxylation is 1. The van der Waals surface area contributed by atoms with Crippen LogP contribution >= 0.6 is 0 Å². The first-order chi connectivity index (χ1) is 14.8. The van der Waals surface area contributed by atoms with Crippen LogP contribution < -0.4 is 0 Å². The molecule has 0 N–H and O–H groups in total. The van der Waals surface area contributed by atoms with Gasteiger partial charge in [0, 0.05) is 0 Å². The van der Waals surface area contributed by atoms with Gasteiger partial charge in [0.2, 0.25) is 0 Å². The Labute approximate surface area is 183 Å². The number of rotatable bonds is 11. The van der Waals surface area contributed by atoms with E-state index in [-0.39, 0.29) is 0 Å². The lowest BCUT2D eigenvalue weighted by molar-refractivity contribution is 0.149. The smallest absolute Gasteiger partial charge is 0.0721 e. The molecule has 1 aliphatic rings. The third-order valence-electron chi connectivity index (χ3n) is 6.39. The van der Waals surface area contributed by atoms with Crippen molar-refractivity contribution in [3.05, 3.63) is 89.5 Å². The van der Waals surface area contributed by atoms with E-state index in [1.54, 1.807) is 6.08 Å².